The predicted octanol–water partition coefficient (Wildman–Crippen LogP) is 3.16. The number of carbonyl (C=O) groups is 2. The summed E-state index contributed by atoms with van der Waals surface area (Å²) >= 11 is 1.64. The number of furan rings is 1. The molecule has 1 aliphatic rings. The molecule has 1 fully saturated rings. The number of thiophene rings is 1. The molecule has 1 amide bonds. The van der Waals surface area contributed by atoms with Crippen LogP contribution < -0.4 is 0 Å². The number of rotatable bonds is 5. The van der Waals surface area contributed by atoms with E-state index in [9.17, 15) is 9.59 Å². The van der Waals surface area contributed by atoms with Crippen LogP contribution in [0.1, 0.15) is 26.7 Å². The van der Waals surface area contributed by atoms with E-state index in [-0.39, 0.29) is 24.2 Å². The van der Waals surface area contributed by atoms with E-state index in [1.165, 1.54) is 11.1 Å². The molecule has 2 aromatic rings. The first kappa shape index (κ1) is 16.7. The monoisotopic (exact) mass is 345 g/mol. The standard InChI is InChI=1S/C18H19NO4S/c1-13-4-5-15(24-13)6-7-18(21)19-8-10-22-12-14(19)11-16(20)17-3-2-9-23-17/h2-7,9,14H,8,10-12H2,1H3/b7-6+. The Morgan fingerprint density at radius 2 is 2.25 bits per heavy atom. The van der Waals surface area contributed by atoms with Crippen molar-refractivity contribution in [1.29, 1.82) is 0 Å². The summed E-state index contributed by atoms with van der Waals surface area (Å²) in [6.45, 7) is 3.37. The van der Waals surface area contributed by atoms with Crippen molar-refractivity contribution in [3.05, 3.63) is 52.1 Å². The van der Waals surface area contributed by atoms with Crippen molar-refractivity contribution in [1.82, 2.24) is 4.90 Å². The molecule has 0 radical (unpaired) electrons. The number of amides is 1. The maximum absolute atomic E-state index is 12.5. The lowest BCUT2D eigenvalue weighted by Crippen LogP contribution is -2.49. The van der Waals surface area contributed by atoms with E-state index in [4.69, 9.17) is 9.15 Å². The molecule has 0 aliphatic carbocycles. The molecule has 24 heavy (non-hydrogen) atoms. The van der Waals surface area contributed by atoms with Gasteiger partial charge in [0.05, 0.1) is 25.5 Å². The SMILES string of the molecule is Cc1ccc(/C=C/C(=O)N2CCOCC2CC(=O)c2ccco2)s1. The van der Waals surface area contributed by atoms with Crippen molar-refractivity contribution >= 4 is 29.1 Å². The molecule has 1 saturated heterocycles. The molecule has 1 aliphatic heterocycles. The number of morpholine rings is 1. The van der Waals surface area contributed by atoms with E-state index >= 15 is 0 Å². The Labute approximate surface area is 144 Å². The summed E-state index contributed by atoms with van der Waals surface area (Å²) in [5.41, 5.74) is 0. The van der Waals surface area contributed by atoms with E-state index < -0.39 is 0 Å². The van der Waals surface area contributed by atoms with Gasteiger partial charge in [-0.05, 0) is 37.3 Å². The first-order valence-corrected chi connectivity index (χ1v) is 8.64. The first-order valence-electron chi connectivity index (χ1n) is 7.83. The maximum Gasteiger partial charge on any atom is 0.247 e. The van der Waals surface area contributed by atoms with Crippen LogP contribution in [0.15, 0.2) is 41.0 Å². The number of Topliss-reactive ketones (excluding diaryl/α,β-unsaturated/α-hetero) is 1. The Balaban J connectivity index is 1.66. The van der Waals surface area contributed by atoms with E-state index in [2.05, 4.69) is 0 Å². The van der Waals surface area contributed by atoms with Crippen LogP contribution in [0.25, 0.3) is 6.08 Å². The lowest BCUT2D eigenvalue weighted by Gasteiger charge is -2.34. The second-order valence-corrected chi connectivity index (χ2v) is 6.97. The van der Waals surface area contributed by atoms with Gasteiger partial charge in [0.1, 0.15) is 0 Å². The highest BCUT2D eigenvalue weighted by Gasteiger charge is 2.29. The summed E-state index contributed by atoms with van der Waals surface area (Å²) in [5, 5.41) is 0. The molecule has 3 rings (SSSR count). The summed E-state index contributed by atoms with van der Waals surface area (Å²) in [6.07, 6.45) is 5.06. The van der Waals surface area contributed by atoms with Crippen LogP contribution in [0.2, 0.25) is 0 Å². The van der Waals surface area contributed by atoms with Gasteiger partial charge in [-0.2, -0.15) is 0 Å². The van der Waals surface area contributed by atoms with Crippen LogP contribution >= 0.6 is 11.3 Å². The fourth-order valence-corrected chi connectivity index (χ4v) is 3.44. The Morgan fingerprint density at radius 1 is 1.38 bits per heavy atom. The molecule has 6 heteroatoms. The minimum Gasteiger partial charge on any atom is -0.461 e. The number of hydrogen-bond acceptors (Lipinski definition) is 5. The Morgan fingerprint density at radius 3 is 2.96 bits per heavy atom. The number of nitrogens with zero attached hydrogens (tertiary/aromatic N) is 1. The molecule has 2 aromatic heterocycles. The van der Waals surface area contributed by atoms with Crippen molar-refractivity contribution in [2.45, 2.75) is 19.4 Å². The van der Waals surface area contributed by atoms with E-state index in [0.29, 0.717) is 25.5 Å². The highest BCUT2D eigenvalue weighted by molar-refractivity contribution is 7.12. The normalized spacial score (nSPS) is 18.2. The minimum atomic E-state index is -0.265. The number of ketones is 1. The van der Waals surface area contributed by atoms with Gasteiger partial charge in [0.15, 0.2) is 11.5 Å². The summed E-state index contributed by atoms with van der Waals surface area (Å²) in [5.74, 6) is 0.102. The Hall–Kier alpha value is -2.18. The summed E-state index contributed by atoms with van der Waals surface area (Å²) in [7, 11) is 0. The lowest BCUT2D eigenvalue weighted by molar-refractivity contribution is -0.134. The average molecular weight is 345 g/mol. The molecule has 1 atom stereocenters. The zero-order valence-corrected chi connectivity index (χ0v) is 14.3. The quantitative estimate of drug-likeness (QED) is 0.617. The topological polar surface area (TPSA) is 59.8 Å². The van der Waals surface area contributed by atoms with Crippen molar-refractivity contribution in [3.8, 4) is 0 Å². The molecule has 0 spiro atoms. The summed E-state index contributed by atoms with van der Waals surface area (Å²) < 4.78 is 10.6. The van der Waals surface area contributed by atoms with Crippen molar-refractivity contribution in [2.75, 3.05) is 19.8 Å². The molecule has 0 aromatic carbocycles. The van der Waals surface area contributed by atoms with Crippen molar-refractivity contribution in [2.24, 2.45) is 0 Å². The largest absolute Gasteiger partial charge is 0.461 e. The molecule has 3 heterocycles. The molecule has 1 unspecified atom stereocenters. The summed E-state index contributed by atoms with van der Waals surface area (Å²) in [6, 6.07) is 7.06. The van der Waals surface area contributed by atoms with E-state index in [0.717, 1.165) is 4.88 Å². The Kier molecular flexibility index (Phi) is 5.27. The highest BCUT2D eigenvalue weighted by atomic mass is 32.1. The molecule has 126 valence electrons. The molecule has 0 saturated carbocycles. The van der Waals surface area contributed by atoms with E-state index in [1.807, 2.05) is 25.1 Å². The van der Waals surface area contributed by atoms with Gasteiger partial charge in [-0.25, -0.2) is 0 Å². The Bertz CT molecular complexity index is 732. The molecular weight excluding hydrogens is 326 g/mol. The van der Waals surface area contributed by atoms with Crippen LogP contribution in [0, 0.1) is 6.92 Å². The second-order valence-electron chi connectivity index (χ2n) is 5.65. The lowest BCUT2D eigenvalue weighted by atomic mass is 10.1. The van der Waals surface area contributed by atoms with Crippen molar-refractivity contribution in [3.63, 3.8) is 0 Å². The molecule has 5 nitrogen and oxygen atoms in total. The predicted molar refractivity (Wildman–Crippen MR) is 92.1 cm³/mol. The van der Waals surface area contributed by atoms with Crippen LogP contribution in [-0.2, 0) is 9.53 Å². The maximum atomic E-state index is 12.5. The fraction of sp³-hybridized carbons (Fsp3) is 0.333. The van der Waals surface area contributed by atoms with Gasteiger partial charge in [-0.15, -0.1) is 11.3 Å². The highest BCUT2D eigenvalue weighted by Crippen LogP contribution is 2.18. The average Bonchev–Trinajstić information content (AvgIpc) is 3.25. The van der Waals surface area contributed by atoms with Gasteiger partial charge in [0.25, 0.3) is 0 Å². The van der Waals surface area contributed by atoms with Gasteiger partial charge in [0, 0.05) is 28.8 Å². The smallest absolute Gasteiger partial charge is 0.247 e. The van der Waals surface area contributed by atoms with Gasteiger partial charge < -0.3 is 14.1 Å². The molecular formula is C18H19NO4S. The minimum absolute atomic E-state index is 0.0957. The zero-order chi connectivity index (χ0) is 16.9. The number of carbonyl (C=O) groups excluding carboxylic acids is 2. The number of hydrogen-bond donors (Lipinski definition) is 0. The third kappa shape index (κ3) is 4.01. The van der Waals surface area contributed by atoms with Crippen LogP contribution in [0.3, 0.4) is 0 Å². The molecule has 0 N–H and O–H groups in total. The van der Waals surface area contributed by atoms with Crippen LogP contribution in [-0.4, -0.2) is 42.4 Å². The van der Waals surface area contributed by atoms with Crippen molar-refractivity contribution < 1.29 is 18.7 Å². The third-order valence-corrected chi connectivity index (χ3v) is 4.84. The van der Waals surface area contributed by atoms with Gasteiger partial charge in [-0.3, -0.25) is 9.59 Å². The molecule has 0 bridgehead atoms. The second kappa shape index (κ2) is 7.59. The van der Waals surface area contributed by atoms with Gasteiger partial charge in [-0.1, -0.05) is 0 Å². The third-order valence-electron chi connectivity index (χ3n) is 3.88. The number of ether oxygens (including phenoxy) is 1. The van der Waals surface area contributed by atoms with Crippen LogP contribution in [0.5, 0.6) is 0 Å². The zero-order valence-electron chi connectivity index (χ0n) is 13.4. The van der Waals surface area contributed by atoms with Gasteiger partial charge >= 0.3 is 0 Å². The van der Waals surface area contributed by atoms with E-state index in [1.54, 1.807) is 34.4 Å². The first-order chi connectivity index (χ1) is 11.6. The number of aryl methyl sites for hydroxylation is 1. The fourth-order valence-electron chi connectivity index (χ4n) is 2.66. The summed E-state index contributed by atoms with van der Waals surface area (Å²) in [4.78, 5) is 28.7. The van der Waals surface area contributed by atoms with Crippen LogP contribution in [0.4, 0.5) is 0 Å². The van der Waals surface area contributed by atoms with Gasteiger partial charge in [0.2, 0.25) is 5.91 Å².